The third-order valence-electron chi connectivity index (χ3n) is 3.43. The minimum absolute atomic E-state index is 0.123. The van der Waals surface area contributed by atoms with Gasteiger partial charge in [0, 0.05) is 24.8 Å². The highest BCUT2D eigenvalue weighted by molar-refractivity contribution is 5.41. The summed E-state index contributed by atoms with van der Waals surface area (Å²) in [6, 6.07) is 5.96. The van der Waals surface area contributed by atoms with Crippen molar-refractivity contribution < 1.29 is 9.47 Å². The van der Waals surface area contributed by atoms with Crippen LogP contribution in [0.4, 0.5) is 0 Å². The van der Waals surface area contributed by atoms with Crippen molar-refractivity contribution in [3.05, 3.63) is 41.7 Å². The predicted molar refractivity (Wildman–Crippen MR) is 82.5 cm³/mol. The second-order valence-electron chi connectivity index (χ2n) is 5.16. The van der Waals surface area contributed by atoms with Crippen LogP contribution in [0.3, 0.4) is 0 Å². The maximum absolute atomic E-state index is 6.07. The standard InChI is InChI=1S/C16H23N3O2/c1-4-14(17)7-13-8-15(20-3)5-6-16(13)21-11-12-9-18-19(2)10-12/h5-6,8-10,14H,4,7,11,17H2,1-3H3. The van der Waals surface area contributed by atoms with Crippen molar-refractivity contribution in [3.8, 4) is 11.5 Å². The van der Waals surface area contributed by atoms with Crippen molar-refractivity contribution in [1.82, 2.24) is 9.78 Å². The number of ether oxygens (including phenoxy) is 2. The molecule has 5 nitrogen and oxygen atoms in total. The monoisotopic (exact) mass is 289 g/mol. The van der Waals surface area contributed by atoms with Crippen molar-refractivity contribution in [1.29, 1.82) is 0 Å². The Morgan fingerprint density at radius 2 is 2.19 bits per heavy atom. The zero-order valence-electron chi connectivity index (χ0n) is 12.9. The molecule has 0 saturated carbocycles. The van der Waals surface area contributed by atoms with Gasteiger partial charge >= 0.3 is 0 Å². The summed E-state index contributed by atoms with van der Waals surface area (Å²) in [6.45, 7) is 2.58. The van der Waals surface area contributed by atoms with Gasteiger partial charge in [-0.05, 0) is 36.6 Å². The normalized spacial score (nSPS) is 12.2. The quantitative estimate of drug-likeness (QED) is 0.849. The first kappa shape index (κ1) is 15.4. The number of hydrogen-bond acceptors (Lipinski definition) is 4. The van der Waals surface area contributed by atoms with Crippen LogP contribution in [0.1, 0.15) is 24.5 Å². The Labute approximate surface area is 125 Å². The second kappa shape index (κ2) is 7.13. The first-order valence-corrected chi connectivity index (χ1v) is 7.15. The summed E-state index contributed by atoms with van der Waals surface area (Å²) in [5.41, 5.74) is 8.18. The van der Waals surface area contributed by atoms with Crippen LogP contribution in [0.25, 0.3) is 0 Å². The third-order valence-corrected chi connectivity index (χ3v) is 3.43. The van der Waals surface area contributed by atoms with Gasteiger partial charge in [-0.2, -0.15) is 5.10 Å². The van der Waals surface area contributed by atoms with Crippen molar-refractivity contribution in [2.75, 3.05) is 7.11 Å². The molecule has 0 amide bonds. The number of nitrogens with zero attached hydrogens (tertiary/aromatic N) is 2. The van der Waals surface area contributed by atoms with Crippen LogP contribution in [0.5, 0.6) is 11.5 Å². The lowest BCUT2D eigenvalue weighted by atomic mass is 10.0. The molecule has 2 rings (SSSR count). The largest absolute Gasteiger partial charge is 0.497 e. The van der Waals surface area contributed by atoms with Gasteiger partial charge in [-0.3, -0.25) is 4.68 Å². The molecule has 0 saturated heterocycles. The maximum atomic E-state index is 6.07. The fourth-order valence-corrected chi connectivity index (χ4v) is 2.12. The van der Waals surface area contributed by atoms with Crippen molar-refractivity contribution in [2.45, 2.75) is 32.4 Å². The Kier molecular flexibility index (Phi) is 5.22. The molecule has 1 heterocycles. The van der Waals surface area contributed by atoms with Crippen molar-refractivity contribution in [2.24, 2.45) is 12.8 Å². The molecular formula is C16H23N3O2. The van der Waals surface area contributed by atoms with E-state index in [2.05, 4.69) is 12.0 Å². The summed E-state index contributed by atoms with van der Waals surface area (Å²) >= 11 is 0. The molecular weight excluding hydrogens is 266 g/mol. The highest BCUT2D eigenvalue weighted by atomic mass is 16.5. The molecule has 1 atom stereocenters. The minimum atomic E-state index is 0.123. The van der Waals surface area contributed by atoms with Gasteiger partial charge in [0.15, 0.2) is 0 Å². The SMILES string of the molecule is CCC(N)Cc1cc(OC)ccc1OCc1cnn(C)c1. The molecule has 1 aromatic heterocycles. The molecule has 0 aliphatic carbocycles. The van der Waals surface area contributed by atoms with Gasteiger partial charge in [0.1, 0.15) is 18.1 Å². The molecule has 0 radical (unpaired) electrons. The minimum Gasteiger partial charge on any atom is -0.497 e. The molecule has 0 aliphatic heterocycles. The average molecular weight is 289 g/mol. The van der Waals surface area contributed by atoms with Gasteiger partial charge < -0.3 is 15.2 Å². The number of benzene rings is 1. The fourth-order valence-electron chi connectivity index (χ4n) is 2.12. The molecule has 0 spiro atoms. The van der Waals surface area contributed by atoms with Crippen LogP contribution in [-0.4, -0.2) is 22.9 Å². The highest BCUT2D eigenvalue weighted by Gasteiger charge is 2.10. The Bertz CT molecular complexity index is 581. The van der Waals surface area contributed by atoms with Gasteiger partial charge in [-0.25, -0.2) is 0 Å². The lowest BCUT2D eigenvalue weighted by Gasteiger charge is -2.15. The third kappa shape index (κ3) is 4.23. The first-order valence-electron chi connectivity index (χ1n) is 7.15. The predicted octanol–water partition coefficient (Wildman–Crippen LogP) is 2.29. The zero-order valence-corrected chi connectivity index (χ0v) is 12.9. The van der Waals surface area contributed by atoms with Crippen LogP contribution in [0.15, 0.2) is 30.6 Å². The van der Waals surface area contributed by atoms with Gasteiger partial charge in [-0.15, -0.1) is 0 Å². The maximum Gasteiger partial charge on any atom is 0.123 e. The molecule has 0 aliphatic rings. The molecule has 114 valence electrons. The smallest absolute Gasteiger partial charge is 0.123 e. The second-order valence-corrected chi connectivity index (χ2v) is 5.16. The number of aromatic nitrogens is 2. The number of nitrogens with two attached hydrogens (primary N) is 1. The lowest BCUT2D eigenvalue weighted by molar-refractivity contribution is 0.301. The molecule has 0 fully saturated rings. The number of rotatable bonds is 7. The summed E-state index contributed by atoms with van der Waals surface area (Å²) in [4.78, 5) is 0. The lowest BCUT2D eigenvalue weighted by Crippen LogP contribution is -2.21. The Morgan fingerprint density at radius 3 is 2.81 bits per heavy atom. The van der Waals surface area contributed by atoms with Crippen molar-refractivity contribution >= 4 is 0 Å². The number of methoxy groups -OCH3 is 1. The Morgan fingerprint density at radius 1 is 1.38 bits per heavy atom. The number of hydrogen-bond donors (Lipinski definition) is 1. The van der Waals surface area contributed by atoms with Gasteiger partial charge in [0.25, 0.3) is 0 Å². The van der Waals surface area contributed by atoms with E-state index in [1.807, 2.05) is 31.4 Å². The van der Waals surface area contributed by atoms with Gasteiger partial charge in [-0.1, -0.05) is 6.92 Å². The van der Waals surface area contributed by atoms with E-state index in [1.165, 1.54) is 0 Å². The highest BCUT2D eigenvalue weighted by Crippen LogP contribution is 2.26. The van der Waals surface area contributed by atoms with E-state index in [0.29, 0.717) is 6.61 Å². The van der Waals surface area contributed by atoms with E-state index < -0.39 is 0 Å². The molecule has 21 heavy (non-hydrogen) atoms. The van der Waals surface area contributed by atoms with E-state index in [1.54, 1.807) is 18.0 Å². The van der Waals surface area contributed by atoms with Crippen LogP contribution >= 0.6 is 0 Å². The summed E-state index contributed by atoms with van der Waals surface area (Å²) in [6.07, 6.45) is 5.46. The topological polar surface area (TPSA) is 62.3 Å². The van der Waals surface area contributed by atoms with E-state index in [4.69, 9.17) is 15.2 Å². The van der Waals surface area contributed by atoms with E-state index >= 15 is 0 Å². The molecule has 5 heteroatoms. The molecule has 1 unspecified atom stereocenters. The summed E-state index contributed by atoms with van der Waals surface area (Å²) < 4.78 is 13.0. The summed E-state index contributed by atoms with van der Waals surface area (Å²) in [7, 11) is 3.55. The zero-order chi connectivity index (χ0) is 15.2. The van der Waals surface area contributed by atoms with Crippen LogP contribution < -0.4 is 15.2 Å². The molecule has 1 aromatic carbocycles. The van der Waals surface area contributed by atoms with E-state index in [-0.39, 0.29) is 6.04 Å². The molecule has 2 aromatic rings. The summed E-state index contributed by atoms with van der Waals surface area (Å²) in [5.74, 6) is 1.67. The number of aryl methyl sites for hydroxylation is 1. The van der Waals surface area contributed by atoms with E-state index in [0.717, 1.165) is 35.5 Å². The average Bonchev–Trinajstić information content (AvgIpc) is 2.91. The molecule has 0 bridgehead atoms. The van der Waals surface area contributed by atoms with Crippen LogP contribution in [0.2, 0.25) is 0 Å². The van der Waals surface area contributed by atoms with E-state index in [9.17, 15) is 0 Å². The van der Waals surface area contributed by atoms with Gasteiger partial charge in [0.05, 0.1) is 13.3 Å². The van der Waals surface area contributed by atoms with Crippen LogP contribution in [-0.2, 0) is 20.1 Å². The first-order chi connectivity index (χ1) is 10.1. The fraction of sp³-hybridized carbons (Fsp3) is 0.438. The Hall–Kier alpha value is -2.01. The van der Waals surface area contributed by atoms with Gasteiger partial charge in [0.2, 0.25) is 0 Å². The molecule has 2 N–H and O–H groups in total. The van der Waals surface area contributed by atoms with Crippen molar-refractivity contribution in [3.63, 3.8) is 0 Å². The van der Waals surface area contributed by atoms with Crippen LogP contribution in [0, 0.1) is 0 Å². The Balaban J connectivity index is 2.12. The summed E-state index contributed by atoms with van der Waals surface area (Å²) in [5, 5.41) is 4.14.